The number of amides is 3. The average molecular weight is 509 g/mol. The largest absolute Gasteiger partial charge is 0.352 e. The third kappa shape index (κ3) is 5.65. The fourth-order valence-corrected chi connectivity index (χ4v) is 4.49. The topological polar surface area (TPSA) is 106 Å². The Morgan fingerprint density at radius 3 is 2.84 bits per heavy atom. The zero-order valence-corrected chi connectivity index (χ0v) is 20.0. The SMILES string of the molecule is CCCCC(NC(N)=O)C(=O)N1CCCCC1c1cn([C@@H](C)c2ccc(Br)cc2F)nn1. The minimum Gasteiger partial charge on any atom is -0.352 e. The first-order chi connectivity index (χ1) is 15.3. The number of halogens is 2. The van der Waals surface area contributed by atoms with Gasteiger partial charge < -0.3 is 16.0 Å². The van der Waals surface area contributed by atoms with E-state index in [0.717, 1.165) is 32.1 Å². The molecule has 0 bridgehead atoms. The maximum absolute atomic E-state index is 14.4. The lowest BCUT2D eigenvalue weighted by molar-refractivity contribution is -0.137. The molecular formula is C22H30BrFN6O2. The number of urea groups is 1. The number of hydrogen-bond donors (Lipinski definition) is 2. The molecule has 174 valence electrons. The van der Waals surface area contributed by atoms with Crippen LogP contribution in [0.3, 0.4) is 0 Å². The van der Waals surface area contributed by atoms with Crippen LogP contribution in [0.15, 0.2) is 28.9 Å². The van der Waals surface area contributed by atoms with Gasteiger partial charge in [0.2, 0.25) is 5.91 Å². The first kappa shape index (κ1) is 24.2. The maximum Gasteiger partial charge on any atom is 0.312 e. The normalized spacial score (nSPS) is 18.2. The zero-order chi connectivity index (χ0) is 23.3. The summed E-state index contributed by atoms with van der Waals surface area (Å²) in [5, 5.41) is 11.2. The number of nitrogens with two attached hydrogens (primary N) is 1. The molecule has 0 spiro atoms. The highest BCUT2D eigenvalue weighted by molar-refractivity contribution is 9.10. The van der Waals surface area contributed by atoms with Crippen LogP contribution >= 0.6 is 15.9 Å². The average Bonchev–Trinajstić information content (AvgIpc) is 3.25. The quantitative estimate of drug-likeness (QED) is 0.560. The minimum atomic E-state index is -0.704. The van der Waals surface area contributed by atoms with Crippen molar-refractivity contribution in [2.24, 2.45) is 5.73 Å². The van der Waals surface area contributed by atoms with Gasteiger partial charge in [-0.3, -0.25) is 4.79 Å². The summed E-state index contributed by atoms with van der Waals surface area (Å²) in [5.41, 5.74) is 6.48. The number of piperidine rings is 1. The number of rotatable bonds is 8. The van der Waals surface area contributed by atoms with Gasteiger partial charge in [0.25, 0.3) is 0 Å². The summed E-state index contributed by atoms with van der Waals surface area (Å²) in [6.07, 6.45) is 6.63. The Hall–Kier alpha value is -2.49. The van der Waals surface area contributed by atoms with E-state index in [1.165, 1.54) is 6.07 Å². The van der Waals surface area contributed by atoms with Crippen molar-refractivity contribution in [3.05, 3.63) is 45.9 Å². The number of likely N-dealkylation sites (tertiary alicyclic amines) is 1. The Balaban J connectivity index is 1.81. The molecule has 3 N–H and O–H groups in total. The molecule has 2 heterocycles. The second kappa shape index (κ2) is 10.9. The van der Waals surface area contributed by atoms with Gasteiger partial charge in [-0.25, -0.2) is 13.9 Å². The molecule has 3 amide bonds. The second-order valence-corrected chi connectivity index (χ2v) is 9.13. The van der Waals surface area contributed by atoms with Gasteiger partial charge in [-0.05, 0) is 44.7 Å². The molecule has 32 heavy (non-hydrogen) atoms. The van der Waals surface area contributed by atoms with E-state index in [1.54, 1.807) is 27.9 Å². The molecule has 0 aliphatic carbocycles. The van der Waals surface area contributed by atoms with Crippen LogP contribution in [0, 0.1) is 5.82 Å². The van der Waals surface area contributed by atoms with Crippen molar-refractivity contribution in [3.63, 3.8) is 0 Å². The Bertz CT molecular complexity index is 952. The predicted octanol–water partition coefficient (Wildman–Crippen LogP) is 4.07. The summed E-state index contributed by atoms with van der Waals surface area (Å²) in [6, 6.07) is 2.97. The predicted molar refractivity (Wildman–Crippen MR) is 122 cm³/mol. The van der Waals surface area contributed by atoms with Gasteiger partial charge in [0.1, 0.15) is 17.6 Å². The van der Waals surface area contributed by atoms with Crippen LogP contribution in [0.2, 0.25) is 0 Å². The Morgan fingerprint density at radius 2 is 2.16 bits per heavy atom. The Kier molecular flexibility index (Phi) is 8.22. The number of unbranched alkanes of at least 4 members (excludes halogenated alkanes) is 1. The fourth-order valence-electron chi connectivity index (χ4n) is 4.16. The number of carbonyl (C=O) groups is 2. The molecule has 2 aromatic rings. The van der Waals surface area contributed by atoms with Crippen LogP contribution in [-0.2, 0) is 4.79 Å². The maximum atomic E-state index is 14.4. The van der Waals surface area contributed by atoms with Crippen molar-refractivity contribution in [2.75, 3.05) is 6.54 Å². The van der Waals surface area contributed by atoms with E-state index in [9.17, 15) is 14.0 Å². The van der Waals surface area contributed by atoms with Crippen molar-refractivity contribution < 1.29 is 14.0 Å². The lowest BCUT2D eigenvalue weighted by Crippen LogP contribution is -2.52. The van der Waals surface area contributed by atoms with Gasteiger partial charge in [0, 0.05) is 16.6 Å². The van der Waals surface area contributed by atoms with Crippen LogP contribution < -0.4 is 11.1 Å². The van der Waals surface area contributed by atoms with E-state index in [1.807, 2.05) is 13.8 Å². The lowest BCUT2D eigenvalue weighted by Gasteiger charge is -2.37. The summed E-state index contributed by atoms with van der Waals surface area (Å²) < 4.78 is 16.7. The number of nitrogens with zero attached hydrogens (tertiary/aromatic N) is 4. The number of hydrogen-bond acceptors (Lipinski definition) is 4. The van der Waals surface area contributed by atoms with E-state index in [-0.39, 0.29) is 23.8 Å². The van der Waals surface area contributed by atoms with E-state index in [0.29, 0.717) is 28.7 Å². The molecule has 3 rings (SSSR count). The molecular weight excluding hydrogens is 479 g/mol. The second-order valence-electron chi connectivity index (χ2n) is 8.21. The highest BCUT2D eigenvalue weighted by atomic mass is 79.9. The Labute approximate surface area is 195 Å². The molecule has 0 radical (unpaired) electrons. The summed E-state index contributed by atoms with van der Waals surface area (Å²) in [7, 11) is 0. The number of benzene rings is 1. The lowest BCUT2D eigenvalue weighted by atomic mass is 9.97. The molecule has 1 aliphatic rings. The molecule has 1 aromatic carbocycles. The Morgan fingerprint density at radius 1 is 1.38 bits per heavy atom. The standard InChI is InChI=1S/C22H30BrFN6O2/c1-3-4-7-18(26-22(25)32)21(31)29-11-6-5-8-20(29)19-13-30(28-27-19)14(2)16-10-9-15(23)12-17(16)24/h9-10,12-14,18,20H,3-8,11H2,1-2H3,(H3,25,26,32)/t14-,18?,20?/m0/s1. The van der Waals surface area contributed by atoms with E-state index in [2.05, 4.69) is 31.6 Å². The van der Waals surface area contributed by atoms with Crippen LogP contribution in [0.4, 0.5) is 9.18 Å². The van der Waals surface area contributed by atoms with E-state index in [4.69, 9.17) is 5.73 Å². The molecule has 8 nitrogen and oxygen atoms in total. The molecule has 1 aliphatic heterocycles. The first-order valence-corrected chi connectivity index (χ1v) is 11.8. The third-order valence-corrected chi connectivity index (χ3v) is 6.42. The summed E-state index contributed by atoms with van der Waals surface area (Å²) in [5.74, 6) is -0.474. The monoisotopic (exact) mass is 508 g/mol. The van der Waals surface area contributed by atoms with Crippen LogP contribution in [0.25, 0.3) is 0 Å². The van der Waals surface area contributed by atoms with Gasteiger partial charge in [-0.15, -0.1) is 5.10 Å². The van der Waals surface area contributed by atoms with Gasteiger partial charge in [-0.1, -0.05) is 47.0 Å². The third-order valence-electron chi connectivity index (χ3n) is 5.93. The minimum absolute atomic E-state index is 0.150. The van der Waals surface area contributed by atoms with Gasteiger partial charge in [-0.2, -0.15) is 0 Å². The molecule has 3 atom stereocenters. The number of carbonyl (C=O) groups excluding carboxylic acids is 2. The van der Waals surface area contributed by atoms with Crippen LogP contribution in [0.1, 0.15) is 75.7 Å². The van der Waals surface area contributed by atoms with E-state index < -0.39 is 12.1 Å². The first-order valence-electron chi connectivity index (χ1n) is 11.0. The molecule has 10 heteroatoms. The van der Waals surface area contributed by atoms with Crippen molar-refractivity contribution in [1.82, 2.24) is 25.2 Å². The number of nitrogens with one attached hydrogen (secondary N) is 1. The highest BCUT2D eigenvalue weighted by Gasteiger charge is 2.34. The van der Waals surface area contributed by atoms with Crippen molar-refractivity contribution >= 4 is 27.9 Å². The summed E-state index contributed by atoms with van der Waals surface area (Å²) in [4.78, 5) is 26.5. The van der Waals surface area contributed by atoms with Crippen LogP contribution in [-0.4, -0.2) is 44.4 Å². The molecule has 1 aromatic heterocycles. The molecule has 1 fully saturated rings. The van der Waals surface area contributed by atoms with Gasteiger partial charge in [0.15, 0.2) is 0 Å². The smallest absolute Gasteiger partial charge is 0.312 e. The zero-order valence-electron chi connectivity index (χ0n) is 18.4. The van der Waals surface area contributed by atoms with Crippen molar-refractivity contribution in [1.29, 1.82) is 0 Å². The van der Waals surface area contributed by atoms with Gasteiger partial charge in [0.05, 0.1) is 18.3 Å². The number of primary amides is 1. The molecule has 2 unspecified atom stereocenters. The van der Waals surface area contributed by atoms with Crippen LogP contribution in [0.5, 0.6) is 0 Å². The fraction of sp³-hybridized carbons (Fsp3) is 0.545. The summed E-state index contributed by atoms with van der Waals surface area (Å²) in [6.45, 7) is 4.46. The van der Waals surface area contributed by atoms with Gasteiger partial charge >= 0.3 is 6.03 Å². The summed E-state index contributed by atoms with van der Waals surface area (Å²) >= 11 is 3.27. The molecule has 1 saturated heterocycles. The number of aromatic nitrogens is 3. The molecule has 0 saturated carbocycles. The van der Waals surface area contributed by atoms with Crippen molar-refractivity contribution in [2.45, 2.75) is 70.5 Å². The highest BCUT2D eigenvalue weighted by Crippen LogP contribution is 2.32. The van der Waals surface area contributed by atoms with E-state index >= 15 is 0 Å². The van der Waals surface area contributed by atoms with Crippen molar-refractivity contribution in [3.8, 4) is 0 Å².